The average Bonchev–Trinajstić information content (AvgIpc) is 3.35. The summed E-state index contributed by atoms with van der Waals surface area (Å²) in [7, 11) is 0. The number of ether oxygens (including phenoxy) is 1. The zero-order valence-corrected chi connectivity index (χ0v) is 19.1. The number of aliphatic hydroxyl groups is 1. The molecule has 2 heterocycles. The summed E-state index contributed by atoms with van der Waals surface area (Å²) in [6.07, 6.45) is -1.41. The molecule has 1 fully saturated rings. The number of aliphatic carboxylic acids is 3. The number of nitrogens with zero attached hydrogens (tertiary/aromatic N) is 1. The Balaban J connectivity index is 0.000000273. The van der Waals surface area contributed by atoms with E-state index in [0.29, 0.717) is 12.0 Å². The van der Waals surface area contributed by atoms with Crippen LogP contribution in [0.4, 0.5) is 0 Å². The molecule has 2 atom stereocenters. The first-order valence-corrected chi connectivity index (χ1v) is 10.7. The van der Waals surface area contributed by atoms with Gasteiger partial charge in [-0.25, -0.2) is 4.79 Å². The molecular weight excluding hydrogens is 448 g/mol. The minimum atomic E-state index is -2.74. The van der Waals surface area contributed by atoms with Crippen LogP contribution >= 0.6 is 0 Å². The molecule has 1 saturated heterocycles. The van der Waals surface area contributed by atoms with Crippen LogP contribution in [0.2, 0.25) is 0 Å². The minimum absolute atomic E-state index is 0.372. The summed E-state index contributed by atoms with van der Waals surface area (Å²) < 4.78 is 10.9. The molecule has 0 saturated carbocycles. The van der Waals surface area contributed by atoms with Crippen LogP contribution < -0.4 is 5.32 Å². The fourth-order valence-corrected chi connectivity index (χ4v) is 3.47. The van der Waals surface area contributed by atoms with E-state index in [2.05, 4.69) is 41.7 Å². The van der Waals surface area contributed by atoms with E-state index in [1.807, 2.05) is 13.0 Å². The lowest BCUT2D eigenvalue weighted by molar-refractivity contribution is -0.170. The fraction of sp³-hybridized carbons (Fsp3) is 0.478. The monoisotopic (exact) mass is 478 g/mol. The number of nitrogens with one attached hydrogen (secondary N) is 1. The summed E-state index contributed by atoms with van der Waals surface area (Å²) in [5.41, 5.74) is 0.800. The van der Waals surface area contributed by atoms with Crippen molar-refractivity contribution in [1.29, 1.82) is 0 Å². The largest absolute Gasteiger partial charge is 0.481 e. The topological polar surface area (TPSA) is 179 Å². The van der Waals surface area contributed by atoms with Crippen molar-refractivity contribution < 1.29 is 44.1 Å². The molecule has 0 unspecified atom stereocenters. The first kappa shape index (κ1) is 27.0. The predicted octanol–water partition coefficient (Wildman–Crippen LogP) is 1.39. The van der Waals surface area contributed by atoms with Crippen molar-refractivity contribution in [3.05, 3.63) is 52.9 Å². The van der Waals surface area contributed by atoms with Crippen LogP contribution in [0.25, 0.3) is 0 Å². The van der Waals surface area contributed by atoms with E-state index >= 15 is 0 Å². The van der Waals surface area contributed by atoms with Crippen LogP contribution in [0, 0.1) is 19.8 Å². The number of hydrogen-bond donors (Lipinski definition) is 5. The van der Waals surface area contributed by atoms with E-state index in [-0.39, 0.29) is 0 Å². The highest BCUT2D eigenvalue weighted by molar-refractivity contribution is 5.88. The standard InChI is InChI=1S/C17H22N2O2.C6H8O7/c1-12-3-5-14(6-4-12)9-18-17-11-20-10-15(17)8-16-7-13(2)19-21-16;7-3(8)1-6(13,5(11)12)2-4(9)10/h3-7,15,17-18H,8-11H2,1-2H3;13H,1-2H2,(H,7,8)(H,9,10)(H,11,12)/t15-,17-;/m1./s1. The lowest BCUT2D eigenvalue weighted by atomic mass is 9.96. The molecular formula is C23H30N2O9. The van der Waals surface area contributed by atoms with Gasteiger partial charge in [0.15, 0.2) is 5.60 Å². The van der Waals surface area contributed by atoms with Gasteiger partial charge in [-0.2, -0.15) is 0 Å². The van der Waals surface area contributed by atoms with E-state index in [9.17, 15) is 14.4 Å². The molecule has 2 aromatic rings. The normalized spacial score (nSPS) is 17.6. The van der Waals surface area contributed by atoms with Crippen LogP contribution in [0.3, 0.4) is 0 Å². The Morgan fingerprint density at radius 3 is 2.18 bits per heavy atom. The van der Waals surface area contributed by atoms with E-state index < -0.39 is 36.4 Å². The lowest BCUT2D eigenvalue weighted by Gasteiger charge is -2.18. The predicted molar refractivity (Wildman–Crippen MR) is 118 cm³/mol. The molecule has 1 aliphatic rings. The Labute approximate surface area is 196 Å². The van der Waals surface area contributed by atoms with Gasteiger partial charge in [-0.15, -0.1) is 0 Å². The van der Waals surface area contributed by atoms with Crippen molar-refractivity contribution >= 4 is 17.9 Å². The SMILES string of the molecule is Cc1ccc(CN[C@@H]2COC[C@H]2Cc2cc(C)no2)cc1.O=C(O)CC(O)(CC(=O)O)C(=O)O. The average molecular weight is 478 g/mol. The lowest BCUT2D eigenvalue weighted by Crippen LogP contribution is -2.42. The molecule has 186 valence electrons. The first-order valence-electron chi connectivity index (χ1n) is 10.7. The molecule has 0 bridgehead atoms. The maximum Gasteiger partial charge on any atom is 0.336 e. The Kier molecular flexibility index (Phi) is 9.72. The Bertz CT molecular complexity index is 955. The molecule has 5 N–H and O–H groups in total. The fourth-order valence-electron chi connectivity index (χ4n) is 3.47. The van der Waals surface area contributed by atoms with Crippen LogP contribution in [-0.2, 0) is 32.1 Å². The number of carboxylic acid groups (broad SMARTS) is 3. The molecule has 0 spiro atoms. The molecule has 0 radical (unpaired) electrons. The maximum atomic E-state index is 10.3. The molecule has 1 aromatic carbocycles. The number of rotatable bonds is 10. The van der Waals surface area contributed by atoms with Crippen LogP contribution in [0.5, 0.6) is 0 Å². The summed E-state index contributed by atoms with van der Waals surface area (Å²) >= 11 is 0. The van der Waals surface area contributed by atoms with Crippen molar-refractivity contribution in [2.45, 2.75) is 51.3 Å². The van der Waals surface area contributed by atoms with Crippen LogP contribution in [0.1, 0.15) is 35.4 Å². The summed E-state index contributed by atoms with van der Waals surface area (Å²) in [5, 5.41) is 41.4. The highest BCUT2D eigenvalue weighted by atomic mass is 16.5. The zero-order chi connectivity index (χ0) is 25.3. The third kappa shape index (κ3) is 8.58. The summed E-state index contributed by atoms with van der Waals surface area (Å²) in [5.74, 6) is -3.62. The Morgan fingerprint density at radius 1 is 1.06 bits per heavy atom. The third-order valence-corrected chi connectivity index (χ3v) is 5.31. The third-order valence-electron chi connectivity index (χ3n) is 5.31. The van der Waals surface area contributed by atoms with Crippen molar-refractivity contribution in [1.82, 2.24) is 10.5 Å². The van der Waals surface area contributed by atoms with E-state index in [1.54, 1.807) is 0 Å². The number of aryl methyl sites for hydroxylation is 2. The van der Waals surface area contributed by atoms with Gasteiger partial charge in [0.1, 0.15) is 5.76 Å². The second-order valence-corrected chi connectivity index (χ2v) is 8.39. The number of aromatic nitrogens is 1. The van der Waals surface area contributed by atoms with E-state index in [1.165, 1.54) is 11.1 Å². The van der Waals surface area contributed by atoms with E-state index in [0.717, 1.165) is 37.6 Å². The molecule has 0 aliphatic carbocycles. The second kappa shape index (κ2) is 12.3. The highest BCUT2D eigenvalue weighted by Crippen LogP contribution is 2.20. The van der Waals surface area contributed by atoms with Gasteiger partial charge in [-0.3, -0.25) is 9.59 Å². The maximum absolute atomic E-state index is 10.3. The highest BCUT2D eigenvalue weighted by Gasteiger charge is 2.40. The van der Waals surface area contributed by atoms with Gasteiger partial charge in [-0.05, 0) is 19.4 Å². The molecule has 34 heavy (non-hydrogen) atoms. The Hall–Kier alpha value is -3.28. The summed E-state index contributed by atoms with van der Waals surface area (Å²) in [6, 6.07) is 11.0. The molecule has 11 heteroatoms. The zero-order valence-electron chi connectivity index (χ0n) is 19.1. The van der Waals surface area contributed by atoms with Crippen molar-refractivity contribution in [2.24, 2.45) is 5.92 Å². The van der Waals surface area contributed by atoms with Gasteiger partial charge in [0.05, 0.1) is 31.7 Å². The minimum Gasteiger partial charge on any atom is -0.481 e. The Morgan fingerprint density at radius 2 is 1.68 bits per heavy atom. The summed E-state index contributed by atoms with van der Waals surface area (Å²) in [6.45, 7) is 6.48. The second-order valence-electron chi connectivity index (χ2n) is 8.39. The smallest absolute Gasteiger partial charge is 0.336 e. The molecule has 1 aromatic heterocycles. The molecule has 1 aliphatic heterocycles. The van der Waals surface area contributed by atoms with Gasteiger partial charge < -0.3 is 35.0 Å². The van der Waals surface area contributed by atoms with Crippen molar-refractivity contribution in [3.63, 3.8) is 0 Å². The van der Waals surface area contributed by atoms with Gasteiger partial charge in [0.2, 0.25) is 0 Å². The number of carboxylic acids is 3. The van der Waals surface area contributed by atoms with Gasteiger partial charge in [-0.1, -0.05) is 35.0 Å². The van der Waals surface area contributed by atoms with Gasteiger partial charge in [0, 0.05) is 31.0 Å². The van der Waals surface area contributed by atoms with Gasteiger partial charge >= 0.3 is 17.9 Å². The number of carbonyl (C=O) groups is 3. The number of hydrogen-bond acceptors (Lipinski definition) is 8. The molecule has 11 nitrogen and oxygen atoms in total. The quantitative estimate of drug-likeness (QED) is 0.333. The van der Waals surface area contributed by atoms with Crippen molar-refractivity contribution in [2.75, 3.05) is 13.2 Å². The van der Waals surface area contributed by atoms with Crippen LogP contribution in [0.15, 0.2) is 34.9 Å². The van der Waals surface area contributed by atoms with Crippen molar-refractivity contribution in [3.8, 4) is 0 Å². The number of benzene rings is 1. The van der Waals surface area contributed by atoms with Crippen LogP contribution in [-0.4, -0.2) is 68.3 Å². The van der Waals surface area contributed by atoms with E-state index in [4.69, 9.17) is 29.7 Å². The summed E-state index contributed by atoms with van der Waals surface area (Å²) in [4.78, 5) is 30.5. The molecule has 3 rings (SSSR count). The first-order chi connectivity index (χ1) is 16.0. The van der Waals surface area contributed by atoms with Gasteiger partial charge in [0.25, 0.3) is 0 Å². The molecule has 0 amide bonds.